The smallest absolute Gasteiger partial charge is 0.271 e. The first kappa shape index (κ1) is 21.3. The summed E-state index contributed by atoms with van der Waals surface area (Å²) in [5, 5.41) is 11.3. The van der Waals surface area contributed by atoms with Crippen molar-refractivity contribution in [2.24, 2.45) is 0 Å². The van der Waals surface area contributed by atoms with Gasteiger partial charge in [0, 0.05) is 16.6 Å². The minimum Gasteiger partial charge on any atom is -0.497 e. The van der Waals surface area contributed by atoms with E-state index in [1.54, 1.807) is 18.1 Å². The Hall–Kier alpha value is -2.41. The van der Waals surface area contributed by atoms with Crippen LogP contribution in [0.4, 0.5) is 11.4 Å². The molecule has 154 valence electrons. The fourth-order valence-corrected chi connectivity index (χ4v) is 4.99. The van der Waals surface area contributed by atoms with Crippen molar-refractivity contribution in [1.82, 2.24) is 0 Å². The van der Waals surface area contributed by atoms with Crippen LogP contribution in [0.5, 0.6) is 5.75 Å². The van der Waals surface area contributed by atoms with Gasteiger partial charge >= 0.3 is 0 Å². The van der Waals surface area contributed by atoms with E-state index in [9.17, 15) is 14.9 Å². The average molecular weight is 461 g/mol. The van der Waals surface area contributed by atoms with Gasteiger partial charge < -0.3 is 9.64 Å². The van der Waals surface area contributed by atoms with Crippen LogP contribution in [0.25, 0.3) is 0 Å². The number of methoxy groups -OCH3 is 1. The lowest BCUT2D eigenvalue weighted by atomic mass is 9.80. The summed E-state index contributed by atoms with van der Waals surface area (Å²) >= 11 is 3.48. The van der Waals surface area contributed by atoms with Gasteiger partial charge in [-0.25, -0.2) is 0 Å². The molecule has 0 atom stereocenters. The minimum atomic E-state index is -0.629. The number of amides is 1. The molecule has 0 saturated heterocycles. The summed E-state index contributed by atoms with van der Waals surface area (Å²) in [6.45, 7) is 4.42. The van der Waals surface area contributed by atoms with Crippen molar-refractivity contribution < 1.29 is 14.5 Å². The zero-order chi connectivity index (χ0) is 21.2. The third-order valence-corrected chi connectivity index (χ3v) is 6.26. The fraction of sp³-hybridized carbons (Fsp3) is 0.409. The Bertz CT molecular complexity index is 921. The van der Waals surface area contributed by atoms with Crippen molar-refractivity contribution in [3.63, 3.8) is 0 Å². The van der Waals surface area contributed by atoms with Gasteiger partial charge in [0.05, 0.1) is 29.7 Å². The molecule has 2 aromatic carbocycles. The number of hydrogen-bond acceptors (Lipinski definition) is 4. The number of nitro groups is 1. The summed E-state index contributed by atoms with van der Waals surface area (Å²) in [5.74, 6) is 0.808. The predicted octanol–water partition coefficient (Wildman–Crippen LogP) is 5.75. The maximum atomic E-state index is 13.5. The van der Waals surface area contributed by atoms with Crippen LogP contribution in [-0.2, 0) is 16.8 Å². The Balaban J connectivity index is 0.00000117. The number of rotatable bonds is 4. The molecule has 0 aromatic heterocycles. The molecule has 7 heteroatoms. The highest BCUT2D eigenvalue weighted by molar-refractivity contribution is 9.10. The van der Waals surface area contributed by atoms with Crippen molar-refractivity contribution in [2.75, 3.05) is 12.0 Å². The molecule has 0 bridgehead atoms. The molecule has 1 saturated carbocycles. The van der Waals surface area contributed by atoms with E-state index in [2.05, 4.69) is 15.9 Å². The number of nitro benzene ring substituents is 1. The van der Waals surface area contributed by atoms with Crippen molar-refractivity contribution in [3.8, 4) is 5.75 Å². The van der Waals surface area contributed by atoms with E-state index in [0.717, 1.165) is 48.2 Å². The molecule has 1 aliphatic heterocycles. The Morgan fingerprint density at radius 1 is 1.17 bits per heavy atom. The highest BCUT2D eigenvalue weighted by atomic mass is 79.9. The molecule has 0 unspecified atom stereocenters. The van der Waals surface area contributed by atoms with Crippen molar-refractivity contribution in [1.29, 1.82) is 0 Å². The second-order valence-electron chi connectivity index (χ2n) is 7.11. The lowest BCUT2D eigenvalue weighted by molar-refractivity contribution is -0.385. The molecular formula is C22H25BrN2O4. The van der Waals surface area contributed by atoms with E-state index >= 15 is 0 Å². The highest BCUT2D eigenvalue weighted by Gasteiger charge is 2.53. The van der Waals surface area contributed by atoms with Gasteiger partial charge in [-0.2, -0.15) is 0 Å². The molecular weight excluding hydrogens is 436 g/mol. The predicted molar refractivity (Wildman–Crippen MR) is 116 cm³/mol. The fourth-order valence-electron chi connectivity index (χ4n) is 4.33. The first-order valence-corrected chi connectivity index (χ1v) is 10.7. The zero-order valence-electron chi connectivity index (χ0n) is 16.9. The van der Waals surface area contributed by atoms with Gasteiger partial charge in [0.15, 0.2) is 0 Å². The topological polar surface area (TPSA) is 72.7 Å². The Morgan fingerprint density at radius 2 is 1.79 bits per heavy atom. The van der Waals surface area contributed by atoms with Crippen LogP contribution in [0.2, 0.25) is 0 Å². The van der Waals surface area contributed by atoms with Gasteiger partial charge in [0.2, 0.25) is 5.91 Å². The first-order valence-electron chi connectivity index (χ1n) is 9.89. The lowest BCUT2D eigenvalue weighted by Gasteiger charge is -2.23. The third kappa shape index (κ3) is 3.64. The molecule has 2 aromatic rings. The van der Waals surface area contributed by atoms with Crippen LogP contribution in [0.3, 0.4) is 0 Å². The van der Waals surface area contributed by atoms with Crippen molar-refractivity contribution >= 4 is 33.2 Å². The molecule has 2 aliphatic rings. The number of carbonyl (C=O) groups excluding carboxylic acids is 1. The summed E-state index contributed by atoms with van der Waals surface area (Å²) in [4.78, 5) is 26.2. The number of carbonyl (C=O) groups is 1. The third-order valence-electron chi connectivity index (χ3n) is 5.66. The van der Waals surface area contributed by atoms with E-state index in [1.165, 1.54) is 6.07 Å². The van der Waals surface area contributed by atoms with Gasteiger partial charge in [-0.15, -0.1) is 0 Å². The minimum absolute atomic E-state index is 0.0194. The SMILES string of the molecule is CC.COc1ccc(CN2C(=O)C3(CCCC3)c3cc([N+](=O)[O-])cc(Br)c32)cc1. The number of non-ortho nitro benzene ring substituents is 1. The van der Waals surface area contributed by atoms with E-state index in [0.29, 0.717) is 11.0 Å². The quantitative estimate of drug-likeness (QED) is 0.429. The molecule has 6 nitrogen and oxygen atoms in total. The van der Waals surface area contributed by atoms with Crippen LogP contribution in [0.15, 0.2) is 40.9 Å². The molecule has 1 heterocycles. The van der Waals surface area contributed by atoms with Crippen molar-refractivity contribution in [3.05, 3.63) is 62.1 Å². The summed E-state index contributed by atoms with van der Waals surface area (Å²) in [6.07, 6.45) is 3.40. The maximum absolute atomic E-state index is 13.5. The number of nitrogens with zero attached hydrogens (tertiary/aromatic N) is 2. The van der Waals surface area contributed by atoms with Gasteiger partial charge in [0.25, 0.3) is 5.69 Å². The van der Waals surface area contributed by atoms with E-state index in [-0.39, 0.29) is 11.6 Å². The van der Waals surface area contributed by atoms with Gasteiger partial charge in [0.1, 0.15) is 5.75 Å². The van der Waals surface area contributed by atoms with Crippen LogP contribution in [0.1, 0.15) is 50.7 Å². The lowest BCUT2D eigenvalue weighted by Crippen LogP contribution is -2.38. The number of benzene rings is 2. The van der Waals surface area contributed by atoms with Crippen molar-refractivity contribution in [2.45, 2.75) is 51.5 Å². The number of halogens is 1. The average Bonchev–Trinajstić information content (AvgIpc) is 3.31. The molecule has 4 rings (SSSR count). The molecule has 1 fully saturated rings. The zero-order valence-corrected chi connectivity index (χ0v) is 18.5. The standard InChI is InChI=1S/C20H19BrN2O4.C2H6/c1-27-15-6-4-13(5-7-15)12-22-18-16(10-14(23(25)26)11-17(18)21)20(19(22)24)8-2-3-9-20;1-2/h4-7,10-11H,2-3,8-9,12H2,1H3;1-2H3. The van der Waals surface area contributed by atoms with Gasteiger partial charge in [-0.3, -0.25) is 14.9 Å². The molecule has 1 spiro atoms. The monoisotopic (exact) mass is 460 g/mol. The second kappa shape index (κ2) is 8.53. The number of ether oxygens (including phenoxy) is 1. The van der Waals surface area contributed by atoms with Crippen LogP contribution >= 0.6 is 15.9 Å². The number of fused-ring (bicyclic) bond motifs is 2. The normalized spacial score (nSPS) is 16.4. The first-order chi connectivity index (χ1) is 14.0. The molecule has 0 radical (unpaired) electrons. The van der Waals surface area contributed by atoms with Crippen LogP contribution in [-0.4, -0.2) is 17.9 Å². The number of anilines is 1. The Labute approximate surface area is 179 Å². The highest BCUT2D eigenvalue weighted by Crippen LogP contribution is 2.54. The Morgan fingerprint density at radius 3 is 2.34 bits per heavy atom. The number of hydrogen-bond donors (Lipinski definition) is 0. The maximum Gasteiger partial charge on any atom is 0.271 e. The molecule has 1 aliphatic carbocycles. The molecule has 29 heavy (non-hydrogen) atoms. The van der Waals surface area contributed by atoms with Crippen LogP contribution in [0, 0.1) is 10.1 Å². The summed E-state index contributed by atoms with van der Waals surface area (Å²) in [5.41, 5.74) is 1.93. The Kier molecular flexibility index (Phi) is 6.27. The largest absolute Gasteiger partial charge is 0.497 e. The molecule has 0 N–H and O–H groups in total. The summed E-state index contributed by atoms with van der Waals surface area (Å²) < 4.78 is 5.79. The summed E-state index contributed by atoms with van der Waals surface area (Å²) in [7, 11) is 1.61. The van der Waals surface area contributed by atoms with Gasteiger partial charge in [-0.1, -0.05) is 38.8 Å². The second-order valence-corrected chi connectivity index (χ2v) is 7.96. The summed E-state index contributed by atoms with van der Waals surface area (Å²) in [6, 6.07) is 10.7. The van der Waals surface area contributed by atoms with Gasteiger partial charge in [-0.05, 0) is 52.0 Å². The van der Waals surface area contributed by atoms with Crippen LogP contribution < -0.4 is 9.64 Å². The van der Waals surface area contributed by atoms with E-state index < -0.39 is 10.3 Å². The van der Waals surface area contributed by atoms with E-state index in [4.69, 9.17) is 4.74 Å². The molecule has 1 amide bonds. The van der Waals surface area contributed by atoms with E-state index in [1.807, 2.05) is 38.1 Å².